The number of nitrogens with zero attached hydrogens (tertiary/aromatic N) is 4. The van der Waals surface area contributed by atoms with Crippen molar-refractivity contribution in [3.8, 4) is 0 Å². The Morgan fingerprint density at radius 2 is 1.76 bits per heavy atom. The van der Waals surface area contributed by atoms with Crippen molar-refractivity contribution in [2.75, 3.05) is 16.8 Å². The van der Waals surface area contributed by atoms with Gasteiger partial charge in [0, 0.05) is 18.8 Å². The van der Waals surface area contributed by atoms with Gasteiger partial charge in [0.25, 0.3) is 5.95 Å². The monoisotopic (exact) mass is 333 g/mol. The number of aryl methyl sites for hydroxylation is 2. The molecular formula is C20H23N5. The first-order valence-corrected chi connectivity index (χ1v) is 8.49. The molecule has 1 N–H and O–H groups in total. The molecule has 0 atom stereocenters. The van der Waals surface area contributed by atoms with Gasteiger partial charge in [0.2, 0.25) is 0 Å². The van der Waals surface area contributed by atoms with Gasteiger partial charge in [-0.15, -0.1) is 5.10 Å². The molecule has 0 saturated carbocycles. The maximum atomic E-state index is 4.63. The SMILES string of the molecule is CCN(c1cccc(C)c1)c1nncc(NCc2cccc(C)c2)n1. The third-order valence-corrected chi connectivity index (χ3v) is 3.97. The molecule has 0 spiro atoms. The molecule has 25 heavy (non-hydrogen) atoms. The Kier molecular flexibility index (Phi) is 5.23. The predicted molar refractivity (Wildman–Crippen MR) is 102 cm³/mol. The molecule has 128 valence electrons. The maximum Gasteiger partial charge on any atom is 0.251 e. The minimum Gasteiger partial charge on any atom is -0.365 e. The Morgan fingerprint density at radius 1 is 1.00 bits per heavy atom. The second-order valence-corrected chi connectivity index (χ2v) is 6.07. The summed E-state index contributed by atoms with van der Waals surface area (Å²) < 4.78 is 0. The lowest BCUT2D eigenvalue weighted by atomic mass is 10.1. The van der Waals surface area contributed by atoms with Crippen molar-refractivity contribution in [3.63, 3.8) is 0 Å². The second-order valence-electron chi connectivity index (χ2n) is 6.07. The number of hydrogen-bond donors (Lipinski definition) is 1. The molecule has 0 saturated heterocycles. The quantitative estimate of drug-likeness (QED) is 0.730. The number of anilines is 3. The maximum absolute atomic E-state index is 4.63. The first-order chi connectivity index (χ1) is 12.2. The van der Waals surface area contributed by atoms with E-state index < -0.39 is 0 Å². The van der Waals surface area contributed by atoms with Crippen LogP contribution in [0.2, 0.25) is 0 Å². The average Bonchev–Trinajstić information content (AvgIpc) is 2.61. The van der Waals surface area contributed by atoms with Gasteiger partial charge in [0.1, 0.15) is 0 Å². The number of benzene rings is 2. The second kappa shape index (κ2) is 7.75. The number of aromatic nitrogens is 3. The predicted octanol–water partition coefficient (Wildman–Crippen LogP) is 4.26. The third kappa shape index (κ3) is 4.32. The highest BCUT2D eigenvalue weighted by atomic mass is 15.3. The van der Waals surface area contributed by atoms with Crippen molar-refractivity contribution in [3.05, 3.63) is 71.4 Å². The molecular weight excluding hydrogens is 310 g/mol. The molecule has 0 bridgehead atoms. The van der Waals surface area contributed by atoms with Gasteiger partial charge in [0.05, 0.1) is 6.20 Å². The molecule has 5 nitrogen and oxygen atoms in total. The molecule has 0 radical (unpaired) electrons. The van der Waals surface area contributed by atoms with E-state index in [1.54, 1.807) is 6.20 Å². The summed E-state index contributed by atoms with van der Waals surface area (Å²) in [6, 6.07) is 16.7. The van der Waals surface area contributed by atoms with E-state index in [2.05, 4.69) is 88.6 Å². The van der Waals surface area contributed by atoms with Crippen LogP contribution in [0.25, 0.3) is 0 Å². The fourth-order valence-corrected chi connectivity index (χ4v) is 2.74. The summed E-state index contributed by atoms with van der Waals surface area (Å²) in [5, 5.41) is 11.7. The topological polar surface area (TPSA) is 53.9 Å². The molecule has 0 aliphatic rings. The van der Waals surface area contributed by atoms with Crippen molar-refractivity contribution >= 4 is 17.5 Å². The normalized spacial score (nSPS) is 10.5. The standard InChI is InChI=1S/C20H23N5/c1-4-25(18-10-6-8-16(3)12-18)20-23-19(14-22-24-20)21-13-17-9-5-7-15(2)11-17/h5-12,14H,4,13H2,1-3H3,(H,21,23,24). The van der Waals surface area contributed by atoms with Gasteiger partial charge in [-0.05, 0) is 44.0 Å². The van der Waals surface area contributed by atoms with Gasteiger partial charge in [-0.2, -0.15) is 10.1 Å². The molecule has 3 rings (SSSR count). The molecule has 0 aliphatic heterocycles. The van der Waals surface area contributed by atoms with Crippen molar-refractivity contribution < 1.29 is 0 Å². The van der Waals surface area contributed by atoms with Crippen molar-refractivity contribution in [2.24, 2.45) is 0 Å². The van der Waals surface area contributed by atoms with Crippen LogP contribution in [-0.4, -0.2) is 21.7 Å². The first kappa shape index (κ1) is 16.9. The summed E-state index contributed by atoms with van der Waals surface area (Å²) in [6.07, 6.45) is 1.66. The zero-order valence-electron chi connectivity index (χ0n) is 14.9. The Hall–Kier alpha value is -2.95. The molecule has 0 amide bonds. The summed E-state index contributed by atoms with van der Waals surface area (Å²) in [5.41, 5.74) is 4.74. The van der Waals surface area contributed by atoms with Crippen LogP contribution in [0.3, 0.4) is 0 Å². The third-order valence-electron chi connectivity index (χ3n) is 3.97. The van der Waals surface area contributed by atoms with Crippen molar-refractivity contribution in [1.82, 2.24) is 15.2 Å². The van der Waals surface area contributed by atoms with Crippen LogP contribution in [0, 0.1) is 13.8 Å². The van der Waals surface area contributed by atoms with Gasteiger partial charge in [0.15, 0.2) is 5.82 Å². The number of hydrogen-bond acceptors (Lipinski definition) is 5. The van der Waals surface area contributed by atoms with E-state index in [-0.39, 0.29) is 0 Å². The van der Waals surface area contributed by atoms with E-state index in [0.717, 1.165) is 18.1 Å². The van der Waals surface area contributed by atoms with E-state index >= 15 is 0 Å². The molecule has 3 aromatic rings. The van der Waals surface area contributed by atoms with Crippen molar-refractivity contribution in [1.29, 1.82) is 0 Å². The highest BCUT2D eigenvalue weighted by molar-refractivity contribution is 5.58. The molecule has 1 heterocycles. The minimum absolute atomic E-state index is 0.599. The van der Waals surface area contributed by atoms with Crippen LogP contribution in [-0.2, 0) is 6.54 Å². The molecule has 1 aromatic heterocycles. The zero-order chi connectivity index (χ0) is 17.6. The lowest BCUT2D eigenvalue weighted by Crippen LogP contribution is -2.20. The summed E-state index contributed by atoms with van der Waals surface area (Å²) in [5.74, 6) is 1.32. The largest absolute Gasteiger partial charge is 0.365 e. The fourth-order valence-electron chi connectivity index (χ4n) is 2.74. The summed E-state index contributed by atoms with van der Waals surface area (Å²) in [4.78, 5) is 6.68. The highest BCUT2D eigenvalue weighted by Crippen LogP contribution is 2.23. The van der Waals surface area contributed by atoms with Gasteiger partial charge in [-0.3, -0.25) is 0 Å². The van der Waals surface area contributed by atoms with Crippen LogP contribution in [0.1, 0.15) is 23.6 Å². The van der Waals surface area contributed by atoms with Crippen LogP contribution in [0.4, 0.5) is 17.5 Å². The Balaban J connectivity index is 1.78. The van der Waals surface area contributed by atoms with Gasteiger partial charge < -0.3 is 10.2 Å². The van der Waals surface area contributed by atoms with Crippen LogP contribution >= 0.6 is 0 Å². The molecule has 0 aliphatic carbocycles. The highest BCUT2D eigenvalue weighted by Gasteiger charge is 2.11. The minimum atomic E-state index is 0.599. The van der Waals surface area contributed by atoms with Gasteiger partial charge in [-0.25, -0.2) is 0 Å². The summed E-state index contributed by atoms with van der Waals surface area (Å²) >= 11 is 0. The molecule has 0 unspecified atom stereocenters. The van der Waals surface area contributed by atoms with Crippen LogP contribution in [0.5, 0.6) is 0 Å². The van der Waals surface area contributed by atoms with Gasteiger partial charge in [-0.1, -0.05) is 42.0 Å². The lowest BCUT2D eigenvalue weighted by Gasteiger charge is -2.21. The van der Waals surface area contributed by atoms with E-state index in [4.69, 9.17) is 0 Å². The Morgan fingerprint density at radius 3 is 2.48 bits per heavy atom. The van der Waals surface area contributed by atoms with E-state index in [1.165, 1.54) is 16.7 Å². The van der Waals surface area contributed by atoms with Crippen LogP contribution in [0.15, 0.2) is 54.7 Å². The van der Waals surface area contributed by atoms with Crippen LogP contribution < -0.4 is 10.2 Å². The smallest absolute Gasteiger partial charge is 0.251 e. The Bertz CT molecular complexity index is 847. The van der Waals surface area contributed by atoms with Gasteiger partial charge >= 0.3 is 0 Å². The number of rotatable bonds is 6. The fraction of sp³-hybridized carbons (Fsp3) is 0.250. The molecule has 5 heteroatoms. The van der Waals surface area contributed by atoms with E-state index in [9.17, 15) is 0 Å². The van der Waals surface area contributed by atoms with E-state index in [0.29, 0.717) is 12.5 Å². The molecule has 2 aromatic carbocycles. The van der Waals surface area contributed by atoms with E-state index in [1.807, 2.05) is 6.07 Å². The average molecular weight is 333 g/mol. The van der Waals surface area contributed by atoms with Crippen molar-refractivity contribution in [2.45, 2.75) is 27.3 Å². The summed E-state index contributed by atoms with van der Waals surface area (Å²) in [6.45, 7) is 7.73. The first-order valence-electron chi connectivity index (χ1n) is 8.49. The summed E-state index contributed by atoms with van der Waals surface area (Å²) in [7, 11) is 0. The zero-order valence-corrected chi connectivity index (χ0v) is 14.9. The Labute approximate surface area is 148 Å². The lowest BCUT2D eigenvalue weighted by molar-refractivity contribution is 0.880. The number of nitrogens with one attached hydrogen (secondary N) is 1. The molecule has 0 fully saturated rings.